The highest BCUT2D eigenvalue weighted by Crippen LogP contribution is 2.28. The Labute approximate surface area is 107 Å². The van der Waals surface area contributed by atoms with Crippen molar-refractivity contribution in [2.24, 2.45) is 12.8 Å². The van der Waals surface area contributed by atoms with Gasteiger partial charge in [-0.1, -0.05) is 38.8 Å². The highest BCUT2D eigenvalue weighted by atomic mass is 79.9. The third kappa shape index (κ3) is 2.11. The van der Waals surface area contributed by atoms with Crippen molar-refractivity contribution in [2.45, 2.75) is 6.04 Å². The van der Waals surface area contributed by atoms with Gasteiger partial charge in [-0.3, -0.25) is 4.68 Å². The van der Waals surface area contributed by atoms with E-state index in [1.807, 2.05) is 25.2 Å². The van der Waals surface area contributed by atoms with E-state index in [4.69, 9.17) is 17.3 Å². The molecular formula is C10H10BrClN4. The van der Waals surface area contributed by atoms with Crippen molar-refractivity contribution in [3.63, 3.8) is 0 Å². The fraction of sp³-hybridized carbons (Fsp3) is 0.200. The molecule has 1 atom stereocenters. The number of nitrogens with two attached hydrogens (primary N) is 1. The number of hydrogen-bond donors (Lipinski definition) is 1. The minimum atomic E-state index is -0.272. The van der Waals surface area contributed by atoms with E-state index in [0.29, 0.717) is 5.02 Å². The van der Waals surface area contributed by atoms with Crippen LogP contribution in [0.4, 0.5) is 0 Å². The van der Waals surface area contributed by atoms with Gasteiger partial charge in [-0.15, -0.1) is 5.10 Å². The molecule has 0 spiro atoms. The van der Waals surface area contributed by atoms with Gasteiger partial charge in [0.05, 0.1) is 17.9 Å². The van der Waals surface area contributed by atoms with Crippen molar-refractivity contribution in [3.8, 4) is 0 Å². The molecule has 2 rings (SSSR count). The normalized spacial score (nSPS) is 12.8. The van der Waals surface area contributed by atoms with Crippen molar-refractivity contribution >= 4 is 27.5 Å². The first-order valence-corrected chi connectivity index (χ1v) is 5.82. The summed E-state index contributed by atoms with van der Waals surface area (Å²) in [5.74, 6) is 0. The van der Waals surface area contributed by atoms with Gasteiger partial charge in [0.2, 0.25) is 0 Å². The summed E-state index contributed by atoms with van der Waals surface area (Å²) in [7, 11) is 1.81. The summed E-state index contributed by atoms with van der Waals surface area (Å²) < 4.78 is 2.54. The van der Waals surface area contributed by atoms with Gasteiger partial charge in [-0.05, 0) is 17.7 Å². The molecular weight excluding hydrogens is 291 g/mol. The molecule has 84 valence electrons. The second-order valence-electron chi connectivity index (χ2n) is 3.43. The Balaban J connectivity index is 2.41. The highest BCUT2D eigenvalue weighted by molar-refractivity contribution is 9.10. The van der Waals surface area contributed by atoms with Gasteiger partial charge in [0.25, 0.3) is 0 Å². The molecule has 0 amide bonds. The molecule has 1 heterocycles. The Kier molecular flexibility index (Phi) is 3.28. The van der Waals surface area contributed by atoms with Crippen LogP contribution in [0.25, 0.3) is 0 Å². The Morgan fingerprint density at radius 1 is 1.50 bits per heavy atom. The molecule has 6 heteroatoms. The van der Waals surface area contributed by atoms with Gasteiger partial charge >= 0.3 is 0 Å². The lowest BCUT2D eigenvalue weighted by molar-refractivity contribution is 0.650. The van der Waals surface area contributed by atoms with Crippen LogP contribution in [0.2, 0.25) is 5.02 Å². The first kappa shape index (κ1) is 11.6. The predicted molar refractivity (Wildman–Crippen MR) is 66.2 cm³/mol. The van der Waals surface area contributed by atoms with Crippen molar-refractivity contribution in [2.75, 3.05) is 0 Å². The van der Waals surface area contributed by atoms with Crippen LogP contribution in [0.15, 0.2) is 28.9 Å². The molecule has 0 aliphatic heterocycles. The van der Waals surface area contributed by atoms with Crippen LogP contribution >= 0.6 is 27.5 Å². The molecule has 0 fully saturated rings. The lowest BCUT2D eigenvalue weighted by Gasteiger charge is -2.13. The first-order chi connectivity index (χ1) is 7.59. The summed E-state index contributed by atoms with van der Waals surface area (Å²) >= 11 is 9.32. The number of nitrogens with zero attached hydrogens (tertiary/aromatic N) is 3. The Morgan fingerprint density at radius 3 is 2.81 bits per heavy atom. The third-order valence-corrected chi connectivity index (χ3v) is 3.29. The van der Waals surface area contributed by atoms with Crippen LogP contribution in [0.1, 0.15) is 17.3 Å². The molecule has 0 aliphatic carbocycles. The number of aryl methyl sites for hydroxylation is 1. The first-order valence-electron chi connectivity index (χ1n) is 4.64. The summed E-state index contributed by atoms with van der Waals surface area (Å²) in [6, 6.07) is 5.25. The van der Waals surface area contributed by atoms with E-state index in [-0.39, 0.29) is 6.04 Å². The molecule has 2 N–H and O–H groups in total. The van der Waals surface area contributed by atoms with E-state index in [1.54, 1.807) is 10.9 Å². The fourth-order valence-electron chi connectivity index (χ4n) is 1.49. The maximum atomic E-state index is 6.14. The number of hydrogen-bond acceptors (Lipinski definition) is 3. The zero-order chi connectivity index (χ0) is 11.7. The molecule has 1 aromatic heterocycles. The molecule has 16 heavy (non-hydrogen) atoms. The molecule has 1 aromatic carbocycles. The van der Waals surface area contributed by atoms with Crippen LogP contribution in [-0.4, -0.2) is 15.0 Å². The molecule has 4 nitrogen and oxygen atoms in total. The van der Waals surface area contributed by atoms with E-state index >= 15 is 0 Å². The highest BCUT2D eigenvalue weighted by Gasteiger charge is 2.15. The van der Waals surface area contributed by atoms with Crippen molar-refractivity contribution in [1.82, 2.24) is 15.0 Å². The SMILES string of the molecule is Cn1nncc1C(N)c1ccc(Cl)cc1Br. The Hall–Kier alpha value is -0.910. The number of benzene rings is 1. The average Bonchev–Trinajstić information content (AvgIpc) is 2.63. The molecule has 0 saturated heterocycles. The molecule has 0 bridgehead atoms. The lowest BCUT2D eigenvalue weighted by atomic mass is 10.1. The molecule has 0 radical (unpaired) electrons. The summed E-state index contributed by atoms with van der Waals surface area (Å²) in [5, 5.41) is 8.34. The molecule has 2 aromatic rings. The van der Waals surface area contributed by atoms with Crippen LogP contribution < -0.4 is 5.73 Å². The van der Waals surface area contributed by atoms with Gasteiger partial charge in [0.15, 0.2) is 0 Å². The second-order valence-corrected chi connectivity index (χ2v) is 4.72. The van der Waals surface area contributed by atoms with E-state index in [0.717, 1.165) is 15.7 Å². The van der Waals surface area contributed by atoms with E-state index in [1.165, 1.54) is 0 Å². The average molecular weight is 302 g/mol. The number of halogens is 2. The van der Waals surface area contributed by atoms with Crippen LogP contribution in [-0.2, 0) is 7.05 Å². The van der Waals surface area contributed by atoms with Crippen LogP contribution in [0.3, 0.4) is 0 Å². The van der Waals surface area contributed by atoms with Gasteiger partial charge in [-0.25, -0.2) is 0 Å². The lowest BCUT2D eigenvalue weighted by Crippen LogP contribution is -2.16. The predicted octanol–water partition coefficient (Wildman–Crippen LogP) is 2.28. The quantitative estimate of drug-likeness (QED) is 0.926. The zero-order valence-corrected chi connectivity index (χ0v) is 10.9. The number of rotatable bonds is 2. The summed E-state index contributed by atoms with van der Waals surface area (Å²) in [6.45, 7) is 0. The smallest absolute Gasteiger partial charge is 0.0796 e. The third-order valence-electron chi connectivity index (χ3n) is 2.37. The van der Waals surface area contributed by atoms with Crippen molar-refractivity contribution in [3.05, 3.63) is 45.1 Å². The van der Waals surface area contributed by atoms with Gasteiger partial charge in [0, 0.05) is 16.5 Å². The maximum absolute atomic E-state index is 6.14. The maximum Gasteiger partial charge on any atom is 0.0796 e. The van der Waals surface area contributed by atoms with E-state index < -0.39 is 0 Å². The monoisotopic (exact) mass is 300 g/mol. The molecule has 0 saturated carbocycles. The minimum Gasteiger partial charge on any atom is -0.319 e. The zero-order valence-electron chi connectivity index (χ0n) is 8.56. The summed E-state index contributed by atoms with van der Waals surface area (Å²) in [4.78, 5) is 0. The standard InChI is InChI=1S/C10H10BrClN4/c1-16-9(5-14-15-16)10(13)7-3-2-6(12)4-8(7)11/h2-5,10H,13H2,1H3. The van der Waals surface area contributed by atoms with Gasteiger partial charge < -0.3 is 5.73 Å². The second kappa shape index (κ2) is 4.53. The van der Waals surface area contributed by atoms with Crippen LogP contribution in [0.5, 0.6) is 0 Å². The molecule has 1 unspecified atom stereocenters. The van der Waals surface area contributed by atoms with Crippen molar-refractivity contribution < 1.29 is 0 Å². The Morgan fingerprint density at radius 2 is 2.25 bits per heavy atom. The summed E-state index contributed by atoms with van der Waals surface area (Å²) in [5.41, 5.74) is 7.94. The van der Waals surface area contributed by atoms with Crippen molar-refractivity contribution in [1.29, 1.82) is 0 Å². The minimum absolute atomic E-state index is 0.272. The molecule has 0 aliphatic rings. The van der Waals surface area contributed by atoms with E-state index in [9.17, 15) is 0 Å². The Bertz CT molecular complexity index is 511. The van der Waals surface area contributed by atoms with Crippen LogP contribution in [0, 0.1) is 0 Å². The fourth-order valence-corrected chi connectivity index (χ4v) is 2.42. The van der Waals surface area contributed by atoms with Gasteiger partial charge in [0.1, 0.15) is 0 Å². The summed E-state index contributed by atoms with van der Waals surface area (Å²) in [6.07, 6.45) is 1.66. The number of aromatic nitrogens is 3. The van der Waals surface area contributed by atoms with E-state index in [2.05, 4.69) is 26.2 Å². The largest absolute Gasteiger partial charge is 0.319 e. The topological polar surface area (TPSA) is 56.7 Å². The van der Waals surface area contributed by atoms with Gasteiger partial charge in [-0.2, -0.15) is 0 Å².